The van der Waals surface area contributed by atoms with Crippen LogP contribution < -0.4 is 9.47 Å². The highest BCUT2D eigenvalue weighted by molar-refractivity contribution is 9.08. The van der Waals surface area contributed by atoms with Crippen LogP contribution in [0.2, 0.25) is 0 Å². The molecule has 0 fully saturated rings. The van der Waals surface area contributed by atoms with Crippen molar-refractivity contribution < 1.29 is 14.2 Å². The second kappa shape index (κ2) is 7.75. The summed E-state index contributed by atoms with van der Waals surface area (Å²) in [4.78, 5) is 0. The van der Waals surface area contributed by atoms with Gasteiger partial charge in [-0.25, -0.2) is 0 Å². The minimum absolute atomic E-state index is 0.172. The van der Waals surface area contributed by atoms with E-state index in [9.17, 15) is 0 Å². The molecule has 108 valence electrons. The third-order valence-corrected chi connectivity index (χ3v) is 3.61. The molecule has 0 bridgehead atoms. The van der Waals surface area contributed by atoms with E-state index >= 15 is 0 Å². The van der Waals surface area contributed by atoms with Crippen molar-refractivity contribution in [2.24, 2.45) is 0 Å². The van der Waals surface area contributed by atoms with Crippen LogP contribution in [0.25, 0.3) is 0 Å². The molecule has 0 saturated carbocycles. The van der Waals surface area contributed by atoms with Gasteiger partial charge in [0.15, 0.2) is 11.5 Å². The lowest BCUT2D eigenvalue weighted by atomic mass is 10.1. The first-order chi connectivity index (χ1) is 9.04. The molecular weight excluding hydrogens is 308 g/mol. The largest absolute Gasteiger partial charge is 0.490 e. The van der Waals surface area contributed by atoms with Gasteiger partial charge in [-0.05, 0) is 26.8 Å². The van der Waals surface area contributed by atoms with Crippen LogP contribution in [0.1, 0.15) is 32.8 Å². The van der Waals surface area contributed by atoms with Gasteiger partial charge in [0.05, 0.1) is 18.8 Å². The average Bonchev–Trinajstić information content (AvgIpc) is 2.40. The monoisotopic (exact) mass is 330 g/mol. The first-order valence-corrected chi connectivity index (χ1v) is 7.64. The number of benzene rings is 1. The normalized spacial score (nSPS) is 11.4. The van der Waals surface area contributed by atoms with Crippen molar-refractivity contribution in [3.8, 4) is 11.5 Å². The third kappa shape index (κ3) is 5.03. The lowest BCUT2D eigenvalue weighted by Crippen LogP contribution is -2.25. The van der Waals surface area contributed by atoms with Gasteiger partial charge < -0.3 is 14.2 Å². The molecule has 0 saturated heterocycles. The van der Waals surface area contributed by atoms with Crippen LogP contribution in [0, 0.1) is 0 Å². The molecule has 0 aliphatic rings. The number of halogens is 1. The van der Waals surface area contributed by atoms with E-state index < -0.39 is 0 Å². The number of methoxy groups -OCH3 is 1. The van der Waals surface area contributed by atoms with Crippen molar-refractivity contribution in [3.05, 3.63) is 23.8 Å². The molecule has 3 nitrogen and oxygen atoms in total. The average molecular weight is 331 g/mol. The zero-order chi connectivity index (χ0) is 14.3. The zero-order valence-corrected chi connectivity index (χ0v) is 13.7. The lowest BCUT2D eigenvalue weighted by Gasteiger charge is -2.23. The number of para-hydroxylation sites is 1. The molecule has 0 N–H and O–H groups in total. The van der Waals surface area contributed by atoms with Crippen molar-refractivity contribution >= 4 is 15.9 Å². The summed E-state index contributed by atoms with van der Waals surface area (Å²) in [6.07, 6.45) is 0.825. The van der Waals surface area contributed by atoms with Gasteiger partial charge >= 0.3 is 0 Å². The Morgan fingerprint density at radius 3 is 2.53 bits per heavy atom. The summed E-state index contributed by atoms with van der Waals surface area (Å²) >= 11 is 3.48. The van der Waals surface area contributed by atoms with Crippen LogP contribution in [-0.4, -0.2) is 25.9 Å². The Morgan fingerprint density at radius 1 is 1.21 bits per heavy atom. The van der Waals surface area contributed by atoms with Crippen molar-refractivity contribution in [2.75, 3.05) is 20.3 Å². The topological polar surface area (TPSA) is 27.7 Å². The molecule has 0 amide bonds. The summed E-state index contributed by atoms with van der Waals surface area (Å²) in [7, 11) is 1.72. The van der Waals surface area contributed by atoms with Gasteiger partial charge in [-0.1, -0.05) is 28.1 Å². The Morgan fingerprint density at radius 2 is 1.95 bits per heavy atom. The van der Waals surface area contributed by atoms with Crippen LogP contribution in [0.5, 0.6) is 11.5 Å². The maximum atomic E-state index is 5.91. The highest BCUT2D eigenvalue weighted by Gasteiger charge is 2.17. The van der Waals surface area contributed by atoms with E-state index in [1.165, 1.54) is 0 Å². The fourth-order valence-corrected chi connectivity index (χ4v) is 2.04. The molecule has 0 aromatic heterocycles. The predicted octanol–water partition coefficient (Wildman–Crippen LogP) is 4.17. The van der Waals surface area contributed by atoms with E-state index in [0.29, 0.717) is 13.2 Å². The van der Waals surface area contributed by atoms with Crippen LogP contribution in [-0.2, 0) is 10.1 Å². The van der Waals surface area contributed by atoms with Gasteiger partial charge in [0, 0.05) is 24.4 Å². The first-order valence-electron chi connectivity index (χ1n) is 6.52. The molecule has 0 atom stereocenters. The van der Waals surface area contributed by atoms with Crippen molar-refractivity contribution in [1.82, 2.24) is 0 Å². The summed E-state index contributed by atoms with van der Waals surface area (Å²) in [5.74, 6) is 1.63. The maximum Gasteiger partial charge on any atom is 0.165 e. The van der Waals surface area contributed by atoms with Gasteiger partial charge in [0.25, 0.3) is 0 Å². The van der Waals surface area contributed by atoms with Crippen molar-refractivity contribution in [2.45, 2.75) is 38.1 Å². The van der Waals surface area contributed by atoms with Crippen LogP contribution >= 0.6 is 15.9 Å². The molecule has 1 aromatic carbocycles. The number of ether oxygens (including phenoxy) is 3. The SMILES string of the molecule is CCOc1cccc(CBr)c1OCCC(C)(C)OC. The number of hydrogen-bond acceptors (Lipinski definition) is 3. The molecule has 0 unspecified atom stereocenters. The summed E-state index contributed by atoms with van der Waals surface area (Å²) in [6, 6.07) is 5.95. The fraction of sp³-hybridized carbons (Fsp3) is 0.600. The second-order valence-electron chi connectivity index (χ2n) is 4.87. The zero-order valence-electron chi connectivity index (χ0n) is 12.2. The Kier molecular flexibility index (Phi) is 6.66. The van der Waals surface area contributed by atoms with Crippen LogP contribution in [0.3, 0.4) is 0 Å². The second-order valence-corrected chi connectivity index (χ2v) is 5.43. The van der Waals surface area contributed by atoms with Gasteiger partial charge in [0.2, 0.25) is 0 Å². The van der Waals surface area contributed by atoms with E-state index in [-0.39, 0.29) is 5.60 Å². The van der Waals surface area contributed by atoms with Gasteiger partial charge in [0.1, 0.15) is 0 Å². The third-order valence-electron chi connectivity index (χ3n) is 3.01. The highest BCUT2D eigenvalue weighted by atomic mass is 79.9. The molecular formula is C15H23BrO3. The van der Waals surface area contributed by atoms with E-state index in [2.05, 4.69) is 29.8 Å². The van der Waals surface area contributed by atoms with Crippen LogP contribution in [0.4, 0.5) is 0 Å². The van der Waals surface area contributed by atoms with Gasteiger partial charge in [-0.15, -0.1) is 0 Å². The quantitative estimate of drug-likeness (QED) is 0.669. The first kappa shape index (κ1) is 16.3. The molecule has 0 heterocycles. The smallest absolute Gasteiger partial charge is 0.165 e. The van der Waals surface area contributed by atoms with Gasteiger partial charge in [-0.2, -0.15) is 0 Å². The molecule has 0 radical (unpaired) electrons. The molecule has 0 aliphatic heterocycles. The van der Waals surface area contributed by atoms with E-state index in [1.54, 1.807) is 7.11 Å². The minimum atomic E-state index is -0.172. The fourth-order valence-electron chi connectivity index (χ4n) is 1.60. The summed E-state index contributed by atoms with van der Waals surface area (Å²) in [6.45, 7) is 7.31. The standard InChI is InChI=1S/C15H23BrO3/c1-5-18-13-8-6-7-12(11-16)14(13)19-10-9-15(2,3)17-4/h6-8H,5,9-11H2,1-4H3. The summed E-state index contributed by atoms with van der Waals surface area (Å²) in [5, 5.41) is 0.747. The number of hydrogen-bond donors (Lipinski definition) is 0. The molecule has 1 aromatic rings. The molecule has 1 rings (SSSR count). The molecule has 0 aliphatic carbocycles. The minimum Gasteiger partial charge on any atom is -0.490 e. The highest BCUT2D eigenvalue weighted by Crippen LogP contribution is 2.33. The Bertz CT molecular complexity index is 391. The number of alkyl halides is 1. The predicted molar refractivity (Wildman–Crippen MR) is 81.4 cm³/mol. The van der Waals surface area contributed by atoms with Gasteiger partial charge in [-0.3, -0.25) is 0 Å². The van der Waals surface area contributed by atoms with Crippen molar-refractivity contribution in [3.63, 3.8) is 0 Å². The molecule has 0 spiro atoms. The molecule has 4 heteroatoms. The Hall–Kier alpha value is -0.740. The Balaban J connectivity index is 2.75. The Labute approximate surface area is 124 Å². The summed E-state index contributed by atoms with van der Waals surface area (Å²) < 4.78 is 16.9. The van der Waals surface area contributed by atoms with E-state index in [0.717, 1.165) is 28.8 Å². The van der Waals surface area contributed by atoms with Crippen molar-refractivity contribution in [1.29, 1.82) is 0 Å². The summed E-state index contributed by atoms with van der Waals surface area (Å²) in [5.41, 5.74) is 0.927. The lowest BCUT2D eigenvalue weighted by molar-refractivity contribution is 0.00514. The van der Waals surface area contributed by atoms with E-state index in [4.69, 9.17) is 14.2 Å². The maximum absolute atomic E-state index is 5.91. The van der Waals surface area contributed by atoms with E-state index in [1.807, 2.05) is 25.1 Å². The molecule has 19 heavy (non-hydrogen) atoms. The number of rotatable bonds is 8. The van der Waals surface area contributed by atoms with Crippen LogP contribution in [0.15, 0.2) is 18.2 Å².